The smallest absolute Gasteiger partial charge is 0.230 e. The van der Waals surface area contributed by atoms with E-state index in [0.717, 1.165) is 11.8 Å². The molecular formula is C14H9ClFN3O. The number of halogens is 2. The summed E-state index contributed by atoms with van der Waals surface area (Å²) in [6.45, 7) is 0. The summed E-state index contributed by atoms with van der Waals surface area (Å²) in [7, 11) is 0. The summed E-state index contributed by atoms with van der Waals surface area (Å²) in [5.41, 5.74) is 8.09. The maximum absolute atomic E-state index is 12.9. The van der Waals surface area contributed by atoms with Gasteiger partial charge in [0.05, 0.1) is 17.5 Å². The Morgan fingerprint density at radius 1 is 1.20 bits per heavy atom. The topological polar surface area (TPSA) is 64.9 Å². The van der Waals surface area contributed by atoms with E-state index >= 15 is 0 Å². The predicted octanol–water partition coefficient (Wildman–Crippen LogP) is 3.78. The normalized spacial score (nSPS) is 10.7. The highest BCUT2D eigenvalue weighted by Crippen LogP contribution is 2.36. The fraction of sp³-hybridized carbons (Fsp3) is 0. The van der Waals surface area contributed by atoms with Crippen molar-refractivity contribution in [1.29, 1.82) is 0 Å². The van der Waals surface area contributed by atoms with Crippen molar-refractivity contribution in [2.75, 3.05) is 5.73 Å². The molecule has 0 unspecified atom stereocenters. The van der Waals surface area contributed by atoms with Crippen molar-refractivity contribution < 1.29 is 8.91 Å². The number of nitrogen functional groups attached to an aromatic ring is 1. The molecule has 0 radical (unpaired) electrons. The lowest BCUT2D eigenvalue weighted by atomic mass is 10.0. The van der Waals surface area contributed by atoms with Crippen LogP contribution in [0.5, 0.6) is 0 Å². The molecule has 2 heterocycles. The summed E-state index contributed by atoms with van der Waals surface area (Å²) in [5.74, 6) is -0.261. The van der Waals surface area contributed by atoms with Gasteiger partial charge >= 0.3 is 0 Å². The van der Waals surface area contributed by atoms with E-state index < -0.39 is 5.82 Å². The first-order chi connectivity index (χ1) is 9.65. The fourth-order valence-electron chi connectivity index (χ4n) is 1.92. The third kappa shape index (κ3) is 2.23. The van der Waals surface area contributed by atoms with E-state index in [0.29, 0.717) is 22.0 Å². The molecule has 4 nitrogen and oxygen atoms in total. The van der Waals surface area contributed by atoms with Crippen molar-refractivity contribution in [1.82, 2.24) is 10.1 Å². The van der Waals surface area contributed by atoms with Crippen LogP contribution < -0.4 is 5.73 Å². The Morgan fingerprint density at radius 2 is 2.05 bits per heavy atom. The van der Waals surface area contributed by atoms with Gasteiger partial charge in [0.1, 0.15) is 11.5 Å². The Bertz CT molecular complexity index is 755. The lowest BCUT2D eigenvalue weighted by Gasteiger charge is -2.02. The van der Waals surface area contributed by atoms with Crippen LogP contribution >= 0.6 is 11.6 Å². The van der Waals surface area contributed by atoms with E-state index in [1.54, 1.807) is 18.2 Å². The Balaban J connectivity index is 2.17. The number of nitrogens with zero attached hydrogens (tertiary/aromatic N) is 2. The minimum atomic E-state index is -0.422. The summed E-state index contributed by atoms with van der Waals surface area (Å²) >= 11 is 5.98. The molecule has 6 heteroatoms. The van der Waals surface area contributed by atoms with Gasteiger partial charge in [-0.15, -0.1) is 0 Å². The van der Waals surface area contributed by atoms with Crippen molar-refractivity contribution >= 4 is 17.5 Å². The predicted molar refractivity (Wildman–Crippen MR) is 74.6 cm³/mol. The SMILES string of the molecule is Nc1onc(-c2ccc(F)cn2)c1-c1cccc(Cl)c1. The van der Waals surface area contributed by atoms with Gasteiger partial charge in [-0.05, 0) is 29.8 Å². The third-order valence-electron chi connectivity index (χ3n) is 2.80. The maximum atomic E-state index is 12.9. The van der Waals surface area contributed by atoms with Crippen LogP contribution in [-0.4, -0.2) is 10.1 Å². The zero-order chi connectivity index (χ0) is 14.1. The van der Waals surface area contributed by atoms with E-state index in [2.05, 4.69) is 10.1 Å². The molecule has 3 rings (SSSR count). The molecule has 0 aliphatic heterocycles. The van der Waals surface area contributed by atoms with Gasteiger partial charge in [0, 0.05) is 5.02 Å². The molecule has 0 bridgehead atoms. The molecule has 1 aromatic carbocycles. The Morgan fingerprint density at radius 3 is 2.75 bits per heavy atom. The Kier molecular flexibility index (Phi) is 3.12. The van der Waals surface area contributed by atoms with Crippen LogP contribution in [0.2, 0.25) is 5.02 Å². The van der Waals surface area contributed by atoms with Gasteiger partial charge in [0.25, 0.3) is 0 Å². The number of rotatable bonds is 2. The second-order valence-electron chi connectivity index (χ2n) is 4.14. The molecule has 3 aromatic rings. The largest absolute Gasteiger partial charge is 0.367 e. The maximum Gasteiger partial charge on any atom is 0.230 e. The number of hydrogen-bond donors (Lipinski definition) is 1. The lowest BCUT2D eigenvalue weighted by Crippen LogP contribution is -1.90. The summed E-state index contributed by atoms with van der Waals surface area (Å²) < 4.78 is 18.0. The number of hydrogen-bond acceptors (Lipinski definition) is 4. The van der Waals surface area contributed by atoms with E-state index in [9.17, 15) is 4.39 Å². The molecule has 2 N–H and O–H groups in total. The first-order valence-corrected chi connectivity index (χ1v) is 6.16. The van der Waals surface area contributed by atoms with Crippen molar-refractivity contribution in [3.05, 3.63) is 53.4 Å². The second-order valence-corrected chi connectivity index (χ2v) is 4.58. The van der Waals surface area contributed by atoms with Crippen LogP contribution in [0.15, 0.2) is 47.1 Å². The Labute approximate surface area is 119 Å². The minimum Gasteiger partial charge on any atom is -0.367 e. The van der Waals surface area contributed by atoms with Crippen LogP contribution in [-0.2, 0) is 0 Å². The van der Waals surface area contributed by atoms with Gasteiger partial charge < -0.3 is 10.3 Å². The average Bonchev–Trinajstić information content (AvgIpc) is 2.81. The Hall–Kier alpha value is -2.40. The highest BCUT2D eigenvalue weighted by molar-refractivity contribution is 6.30. The fourth-order valence-corrected chi connectivity index (χ4v) is 2.11. The van der Waals surface area contributed by atoms with Gasteiger partial charge in [0.15, 0.2) is 0 Å². The quantitative estimate of drug-likeness (QED) is 0.780. The second kappa shape index (κ2) is 4.94. The summed E-state index contributed by atoms with van der Waals surface area (Å²) in [4.78, 5) is 3.98. The molecule has 0 atom stereocenters. The first-order valence-electron chi connectivity index (χ1n) is 5.78. The number of benzene rings is 1. The molecule has 0 aliphatic rings. The molecule has 0 amide bonds. The summed E-state index contributed by atoms with van der Waals surface area (Å²) in [6.07, 6.45) is 1.11. The molecular weight excluding hydrogens is 281 g/mol. The monoisotopic (exact) mass is 289 g/mol. The van der Waals surface area contributed by atoms with E-state index in [4.69, 9.17) is 21.9 Å². The summed E-state index contributed by atoms with van der Waals surface area (Å²) in [6, 6.07) is 9.95. The molecule has 0 saturated carbocycles. The van der Waals surface area contributed by atoms with Crippen LogP contribution in [0.25, 0.3) is 22.5 Å². The highest BCUT2D eigenvalue weighted by Gasteiger charge is 2.18. The van der Waals surface area contributed by atoms with Crippen LogP contribution in [0, 0.1) is 5.82 Å². The zero-order valence-electron chi connectivity index (χ0n) is 10.2. The van der Waals surface area contributed by atoms with Gasteiger partial charge in [0.2, 0.25) is 5.88 Å². The molecule has 20 heavy (non-hydrogen) atoms. The van der Waals surface area contributed by atoms with Crippen molar-refractivity contribution in [2.45, 2.75) is 0 Å². The number of nitrogens with two attached hydrogens (primary N) is 1. The van der Waals surface area contributed by atoms with Gasteiger partial charge in [-0.3, -0.25) is 4.98 Å². The van der Waals surface area contributed by atoms with E-state index in [-0.39, 0.29) is 5.88 Å². The summed E-state index contributed by atoms with van der Waals surface area (Å²) in [5, 5.41) is 4.46. The lowest BCUT2D eigenvalue weighted by molar-refractivity contribution is 0.439. The standard InChI is InChI=1S/C14H9ClFN3O/c15-9-3-1-2-8(6-9)12-13(19-20-14(12)17)11-5-4-10(16)7-18-11/h1-7H,17H2. The van der Waals surface area contributed by atoms with Crippen molar-refractivity contribution in [3.8, 4) is 22.5 Å². The average molecular weight is 290 g/mol. The third-order valence-corrected chi connectivity index (χ3v) is 3.04. The van der Waals surface area contributed by atoms with E-state index in [1.807, 2.05) is 6.07 Å². The molecule has 0 saturated heterocycles. The molecule has 0 spiro atoms. The first kappa shape index (κ1) is 12.6. The van der Waals surface area contributed by atoms with Gasteiger partial charge in [-0.1, -0.05) is 28.9 Å². The molecule has 2 aromatic heterocycles. The van der Waals surface area contributed by atoms with Gasteiger partial charge in [-0.2, -0.15) is 0 Å². The van der Waals surface area contributed by atoms with Gasteiger partial charge in [-0.25, -0.2) is 4.39 Å². The molecule has 0 fully saturated rings. The number of anilines is 1. The number of pyridine rings is 1. The highest BCUT2D eigenvalue weighted by atomic mass is 35.5. The van der Waals surface area contributed by atoms with Crippen LogP contribution in [0.1, 0.15) is 0 Å². The molecule has 0 aliphatic carbocycles. The van der Waals surface area contributed by atoms with Crippen LogP contribution in [0.4, 0.5) is 10.3 Å². The number of aromatic nitrogens is 2. The molecule has 100 valence electrons. The van der Waals surface area contributed by atoms with Crippen molar-refractivity contribution in [2.24, 2.45) is 0 Å². The van der Waals surface area contributed by atoms with E-state index in [1.165, 1.54) is 12.1 Å². The zero-order valence-corrected chi connectivity index (χ0v) is 10.9. The van der Waals surface area contributed by atoms with Crippen LogP contribution in [0.3, 0.4) is 0 Å². The van der Waals surface area contributed by atoms with Crippen molar-refractivity contribution in [3.63, 3.8) is 0 Å². The minimum absolute atomic E-state index is 0.161.